The number of ether oxygens (including phenoxy) is 1. The number of primary amides is 1. The Balaban J connectivity index is 2.98. The minimum absolute atomic E-state index is 0.227. The second-order valence-corrected chi connectivity index (χ2v) is 11.5. The highest BCUT2D eigenvalue weighted by Gasteiger charge is 2.30. The number of terminal acetylenes is 1. The molecule has 1 aromatic rings. The Bertz CT molecular complexity index is 1020. The van der Waals surface area contributed by atoms with E-state index in [0.717, 1.165) is 12.1 Å². The molecule has 0 aliphatic carbocycles. The van der Waals surface area contributed by atoms with E-state index in [1.165, 1.54) is 0 Å². The van der Waals surface area contributed by atoms with Gasteiger partial charge in [0.1, 0.15) is 30.8 Å². The van der Waals surface area contributed by atoms with Crippen LogP contribution in [-0.2, 0) is 20.9 Å². The maximum Gasteiger partial charge on any atom is 0.408 e. The third kappa shape index (κ3) is 13.5. The summed E-state index contributed by atoms with van der Waals surface area (Å²) in [5.41, 5.74) is 6.01. The average Bonchev–Trinajstić information content (AvgIpc) is 2.78. The molecule has 0 unspecified atom stereocenters. The van der Waals surface area contributed by atoms with E-state index in [1.807, 2.05) is 26.2 Å². The molecule has 6 N–H and O–H groups in total. The molecule has 0 heterocycles. The van der Waals surface area contributed by atoms with E-state index in [2.05, 4.69) is 27.2 Å². The summed E-state index contributed by atoms with van der Waals surface area (Å²) in [6.45, 7) is 10.3. The van der Waals surface area contributed by atoms with Crippen LogP contribution in [0.4, 0.5) is 15.3 Å². The van der Waals surface area contributed by atoms with Crippen LogP contribution in [0.25, 0.3) is 0 Å². The summed E-state index contributed by atoms with van der Waals surface area (Å²) >= 11 is 0. The highest BCUT2D eigenvalue weighted by molar-refractivity contribution is 5.98. The Morgan fingerprint density at radius 3 is 2.18 bits per heavy atom. The fraction of sp³-hybridized carbons (Fsp3) is 0.571. The molecular weight excluding hydrogens is 500 g/mol. The number of quaternary nitrogens is 1. The molecule has 11 heteroatoms. The Morgan fingerprint density at radius 1 is 1.05 bits per heavy atom. The molecule has 1 aromatic carbocycles. The molecule has 0 aliphatic rings. The zero-order chi connectivity index (χ0) is 29.8. The summed E-state index contributed by atoms with van der Waals surface area (Å²) in [4.78, 5) is 49.7. The maximum absolute atomic E-state index is 13.2. The Hall–Kier alpha value is -3.78. The summed E-state index contributed by atoms with van der Waals surface area (Å²) in [6.07, 6.45) is 5.34. The third-order valence-corrected chi connectivity index (χ3v) is 5.57. The third-order valence-electron chi connectivity index (χ3n) is 5.57. The quantitative estimate of drug-likeness (QED) is 0.146. The number of anilines is 1. The van der Waals surface area contributed by atoms with Crippen LogP contribution >= 0.6 is 0 Å². The minimum Gasteiger partial charge on any atom is -0.444 e. The van der Waals surface area contributed by atoms with Crippen molar-refractivity contribution in [1.29, 1.82) is 0 Å². The van der Waals surface area contributed by atoms with Gasteiger partial charge in [-0.1, -0.05) is 26.0 Å². The largest absolute Gasteiger partial charge is 0.444 e. The molecule has 0 radical (unpaired) electrons. The summed E-state index contributed by atoms with van der Waals surface area (Å²) in [6, 6.07) is 4.87. The normalized spacial score (nSPS) is 13.0. The molecular formula is C28H45N6O5+. The van der Waals surface area contributed by atoms with Crippen molar-refractivity contribution in [2.75, 3.05) is 32.5 Å². The van der Waals surface area contributed by atoms with E-state index in [4.69, 9.17) is 16.9 Å². The van der Waals surface area contributed by atoms with Crippen LogP contribution in [0.15, 0.2) is 24.3 Å². The number of carbonyl (C=O) groups excluding carboxylic acids is 4. The topological polar surface area (TPSA) is 152 Å². The monoisotopic (exact) mass is 545 g/mol. The number of nitrogens with one attached hydrogen (secondary N) is 4. The predicted octanol–water partition coefficient (Wildman–Crippen LogP) is 2.32. The number of carbonyl (C=O) groups is 4. The van der Waals surface area contributed by atoms with Crippen LogP contribution in [-0.4, -0.2) is 73.3 Å². The lowest BCUT2D eigenvalue weighted by Crippen LogP contribution is -2.55. The van der Waals surface area contributed by atoms with Crippen molar-refractivity contribution < 1.29 is 28.4 Å². The van der Waals surface area contributed by atoms with E-state index in [9.17, 15) is 19.2 Å². The van der Waals surface area contributed by atoms with Crippen molar-refractivity contribution in [3.63, 3.8) is 0 Å². The first-order valence-electron chi connectivity index (χ1n) is 13.0. The summed E-state index contributed by atoms with van der Waals surface area (Å²) in [5.74, 6) is 1.44. The van der Waals surface area contributed by atoms with Crippen molar-refractivity contribution in [3.05, 3.63) is 29.8 Å². The summed E-state index contributed by atoms with van der Waals surface area (Å²) in [7, 11) is 4.08. The lowest BCUT2D eigenvalue weighted by molar-refractivity contribution is -0.896. The highest BCUT2D eigenvalue weighted by Crippen LogP contribution is 2.15. The average molecular weight is 546 g/mol. The second kappa shape index (κ2) is 15.0. The Kier molecular flexibility index (Phi) is 12.8. The van der Waals surface area contributed by atoms with Gasteiger partial charge in [0, 0.05) is 17.8 Å². The number of nitrogens with two attached hydrogens (primary N) is 1. The summed E-state index contributed by atoms with van der Waals surface area (Å²) < 4.78 is 5.91. The number of urea groups is 1. The van der Waals surface area contributed by atoms with Crippen LogP contribution in [0.2, 0.25) is 0 Å². The van der Waals surface area contributed by atoms with Gasteiger partial charge in [-0.25, -0.2) is 9.59 Å². The molecule has 0 aromatic heterocycles. The fourth-order valence-electron chi connectivity index (χ4n) is 3.74. The second-order valence-electron chi connectivity index (χ2n) is 11.5. The van der Waals surface area contributed by atoms with Gasteiger partial charge < -0.3 is 36.2 Å². The molecule has 11 nitrogen and oxygen atoms in total. The zero-order valence-electron chi connectivity index (χ0n) is 24.2. The molecule has 2 atom stereocenters. The van der Waals surface area contributed by atoms with Crippen LogP contribution < -0.4 is 27.0 Å². The number of hydrogen-bond donors (Lipinski definition) is 5. The Labute approximate surface area is 232 Å². The molecule has 216 valence electrons. The van der Waals surface area contributed by atoms with Gasteiger partial charge in [0.05, 0.1) is 14.1 Å². The van der Waals surface area contributed by atoms with Crippen molar-refractivity contribution in [1.82, 2.24) is 16.0 Å². The smallest absolute Gasteiger partial charge is 0.408 e. The van der Waals surface area contributed by atoms with E-state index >= 15 is 0 Å². The molecule has 0 bridgehead atoms. The molecule has 1 rings (SSSR count). The van der Waals surface area contributed by atoms with Gasteiger partial charge in [-0.2, -0.15) is 0 Å². The maximum atomic E-state index is 13.2. The summed E-state index contributed by atoms with van der Waals surface area (Å²) in [5, 5.41) is 10.6. The van der Waals surface area contributed by atoms with Crippen molar-refractivity contribution >= 4 is 29.6 Å². The molecule has 5 amide bonds. The number of benzene rings is 1. The molecule has 0 saturated heterocycles. The lowest BCUT2D eigenvalue weighted by Gasteiger charge is -2.27. The van der Waals surface area contributed by atoms with Gasteiger partial charge in [0.25, 0.3) is 0 Å². The van der Waals surface area contributed by atoms with Crippen molar-refractivity contribution in [2.24, 2.45) is 11.7 Å². The number of nitrogens with zero attached hydrogens (tertiary/aromatic N) is 1. The van der Waals surface area contributed by atoms with E-state index in [1.54, 1.807) is 46.8 Å². The molecule has 39 heavy (non-hydrogen) atoms. The van der Waals surface area contributed by atoms with Crippen molar-refractivity contribution in [2.45, 2.75) is 71.7 Å². The number of alkyl carbamates (subject to hydrolysis) is 1. The first kappa shape index (κ1) is 33.2. The molecule has 0 fully saturated rings. The zero-order valence-corrected chi connectivity index (χ0v) is 24.2. The lowest BCUT2D eigenvalue weighted by atomic mass is 10.0. The minimum atomic E-state index is -0.931. The van der Waals surface area contributed by atoms with E-state index < -0.39 is 41.6 Å². The van der Waals surface area contributed by atoms with Gasteiger partial charge in [-0.3, -0.25) is 9.59 Å². The van der Waals surface area contributed by atoms with E-state index in [0.29, 0.717) is 23.1 Å². The van der Waals surface area contributed by atoms with Gasteiger partial charge in [-0.15, -0.1) is 6.42 Å². The number of rotatable bonds is 13. The first-order valence-corrected chi connectivity index (χ1v) is 13.0. The van der Waals surface area contributed by atoms with Gasteiger partial charge >= 0.3 is 12.1 Å². The van der Waals surface area contributed by atoms with E-state index in [-0.39, 0.29) is 18.9 Å². The first-order chi connectivity index (χ1) is 18.0. The molecule has 0 saturated carbocycles. The van der Waals surface area contributed by atoms with Crippen LogP contribution in [0.1, 0.15) is 53.0 Å². The number of amides is 5. The van der Waals surface area contributed by atoms with Gasteiger partial charge in [0.2, 0.25) is 11.8 Å². The number of hydrogen-bond acceptors (Lipinski definition) is 5. The van der Waals surface area contributed by atoms with Crippen molar-refractivity contribution in [3.8, 4) is 12.3 Å². The van der Waals surface area contributed by atoms with Gasteiger partial charge in [-0.05, 0) is 57.6 Å². The van der Waals surface area contributed by atoms with Crippen LogP contribution in [0.3, 0.4) is 0 Å². The molecule has 0 spiro atoms. The van der Waals surface area contributed by atoms with Gasteiger partial charge in [0.15, 0.2) is 0 Å². The Morgan fingerprint density at radius 2 is 1.67 bits per heavy atom. The highest BCUT2D eigenvalue weighted by atomic mass is 16.6. The predicted molar refractivity (Wildman–Crippen MR) is 151 cm³/mol. The standard InChI is InChI=1S/C28H44N6O5/c1-9-17-34(7,8)18-20-12-14-21(15-13-20)31-24(35)22(11-10-16-30-26(29)37)32-25(36)23(19(2)3)33-27(38)39-28(4,5)6/h1,12-15,19,22-23H,10-11,16-18H2,2-8H3,(H5-,29,30,31,32,33,35,36,37,38)/p+1/t22-,23-/m0/s1. The molecule has 0 aliphatic heterocycles. The van der Waals surface area contributed by atoms with Crippen LogP contribution in [0, 0.1) is 18.3 Å². The SMILES string of the molecule is C#CC[N+](C)(C)Cc1ccc(NC(=O)[C@H](CCCNC(N)=O)NC(=O)[C@@H](NC(=O)OC(C)(C)C)C(C)C)cc1. The van der Waals surface area contributed by atoms with Crippen LogP contribution in [0.5, 0.6) is 0 Å². The fourth-order valence-corrected chi connectivity index (χ4v) is 3.74.